The summed E-state index contributed by atoms with van der Waals surface area (Å²) in [6.07, 6.45) is 1.69. The molecule has 0 aliphatic rings. The van der Waals surface area contributed by atoms with Gasteiger partial charge in [-0.1, -0.05) is 6.07 Å². The summed E-state index contributed by atoms with van der Waals surface area (Å²) in [7, 11) is 0. The fraction of sp³-hybridized carbons (Fsp3) is 0.158. The first kappa shape index (κ1) is 17.8. The van der Waals surface area contributed by atoms with E-state index in [0.29, 0.717) is 24.2 Å². The van der Waals surface area contributed by atoms with Crippen LogP contribution in [0.3, 0.4) is 0 Å². The van der Waals surface area contributed by atoms with Gasteiger partial charge in [0.15, 0.2) is 0 Å². The number of pyridine rings is 1. The Morgan fingerprint density at radius 3 is 2.69 bits per heavy atom. The monoisotopic (exact) mass is 367 g/mol. The molecular formula is C19H17N3O3S. The molecule has 1 aromatic carbocycles. The van der Waals surface area contributed by atoms with Crippen LogP contribution in [0.15, 0.2) is 59.4 Å². The first-order valence-electron chi connectivity index (χ1n) is 8.00. The zero-order chi connectivity index (χ0) is 18.5. The van der Waals surface area contributed by atoms with Crippen LogP contribution in [0.1, 0.15) is 27.2 Å². The fourth-order valence-electron chi connectivity index (χ4n) is 2.67. The summed E-state index contributed by atoms with van der Waals surface area (Å²) in [4.78, 5) is 29.6. The topological polar surface area (TPSA) is 76.3 Å². The summed E-state index contributed by atoms with van der Waals surface area (Å²) in [5.74, 6) is -0.181. The van der Waals surface area contributed by atoms with Crippen LogP contribution in [0.25, 0.3) is 0 Å². The van der Waals surface area contributed by atoms with Gasteiger partial charge >= 0.3 is 0 Å². The lowest BCUT2D eigenvalue weighted by atomic mass is 10.1. The molecule has 0 saturated heterocycles. The third-order valence-corrected chi connectivity index (χ3v) is 4.69. The van der Waals surface area contributed by atoms with Crippen molar-refractivity contribution in [3.8, 4) is 0 Å². The van der Waals surface area contributed by atoms with Crippen LogP contribution in [0.2, 0.25) is 0 Å². The van der Waals surface area contributed by atoms with Gasteiger partial charge in [-0.15, -0.1) is 0 Å². The van der Waals surface area contributed by atoms with E-state index in [9.17, 15) is 14.9 Å². The number of thiophene rings is 1. The van der Waals surface area contributed by atoms with E-state index < -0.39 is 4.92 Å². The Morgan fingerprint density at radius 1 is 1.23 bits per heavy atom. The molecule has 2 aromatic heterocycles. The van der Waals surface area contributed by atoms with Crippen molar-refractivity contribution in [1.29, 1.82) is 0 Å². The molecule has 1 amide bonds. The van der Waals surface area contributed by atoms with E-state index in [2.05, 4.69) is 4.98 Å². The van der Waals surface area contributed by atoms with E-state index in [0.717, 1.165) is 11.3 Å². The van der Waals surface area contributed by atoms with Gasteiger partial charge in [0.1, 0.15) is 0 Å². The number of rotatable bonds is 6. The van der Waals surface area contributed by atoms with Crippen molar-refractivity contribution >= 4 is 22.9 Å². The van der Waals surface area contributed by atoms with Crippen molar-refractivity contribution in [3.63, 3.8) is 0 Å². The maximum Gasteiger partial charge on any atom is 0.272 e. The Balaban J connectivity index is 1.88. The predicted molar refractivity (Wildman–Crippen MR) is 100.0 cm³/mol. The number of carbonyl (C=O) groups is 1. The first-order chi connectivity index (χ1) is 12.5. The smallest absolute Gasteiger partial charge is 0.272 e. The van der Waals surface area contributed by atoms with Crippen LogP contribution in [0, 0.1) is 17.0 Å². The van der Waals surface area contributed by atoms with Crippen LogP contribution in [-0.4, -0.2) is 20.7 Å². The van der Waals surface area contributed by atoms with Gasteiger partial charge in [-0.05, 0) is 53.6 Å². The molecule has 0 saturated carbocycles. The molecule has 0 aliphatic carbocycles. The number of aromatic nitrogens is 1. The average molecular weight is 367 g/mol. The maximum atomic E-state index is 13.0. The highest BCUT2D eigenvalue weighted by molar-refractivity contribution is 7.07. The summed E-state index contributed by atoms with van der Waals surface area (Å²) < 4.78 is 0. The quantitative estimate of drug-likeness (QED) is 0.483. The molecule has 3 rings (SSSR count). The molecule has 7 heteroatoms. The lowest BCUT2D eigenvalue weighted by Crippen LogP contribution is -2.30. The van der Waals surface area contributed by atoms with Crippen molar-refractivity contribution in [2.75, 3.05) is 0 Å². The van der Waals surface area contributed by atoms with Gasteiger partial charge in [-0.3, -0.25) is 19.9 Å². The SMILES string of the molecule is Cc1cc(C(=O)N(Cc2ccsc2)Cc2ccccn2)ccc1[N+](=O)[O-]. The number of amides is 1. The van der Waals surface area contributed by atoms with E-state index in [-0.39, 0.29) is 11.6 Å². The Hall–Kier alpha value is -3.06. The molecule has 132 valence electrons. The molecule has 0 unspecified atom stereocenters. The van der Waals surface area contributed by atoms with Crippen LogP contribution in [0.5, 0.6) is 0 Å². The highest BCUT2D eigenvalue weighted by Gasteiger charge is 2.20. The van der Waals surface area contributed by atoms with E-state index in [4.69, 9.17) is 0 Å². The van der Waals surface area contributed by atoms with Gasteiger partial charge in [0.2, 0.25) is 0 Å². The van der Waals surface area contributed by atoms with Gasteiger partial charge in [0.25, 0.3) is 11.6 Å². The first-order valence-corrected chi connectivity index (χ1v) is 8.94. The number of carbonyl (C=O) groups excluding carboxylic acids is 1. The average Bonchev–Trinajstić information content (AvgIpc) is 3.14. The summed E-state index contributed by atoms with van der Waals surface area (Å²) in [6, 6.07) is 12.0. The largest absolute Gasteiger partial charge is 0.328 e. The van der Waals surface area contributed by atoms with E-state index in [1.165, 1.54) is 12.1 Å². The summed E-state index contributed by atoms with van der Waals surface area (Å²) in [6.45, 7) is 2.46. The van der Waals surface area contributed by atoms with Gasteiger partial charge in [0.05, 0.1) is 17.2 Å². The molecule has 0 spiro atoms. The van der Waals surface area contributed by atoms with Crippen molar-refractivity contribution in [3.05, 3.63) is 91.9 Å². The van der Waals surface area contributed by atoms with Crippen molar-refractivity contribution < 1.29 is 9.72 Å². The summed E-state index contributed by atoms with van der Waals surface area (Å²) >= 11 is 1.57. The lowest BCUT2D eigenvalue weighted by molar-refractivity contribution is -0.385. The van der Waals surface area contributed by atoms with Crippen LogP contribution < -0.4 is 0 Å². The lowest BCUT2D eigenvalue weighted by Gasteiger charge is -2.22. The Labute approximate surface area is 154 Å². The number of benzene rings is 1. The van der Waals surface area contributed by atoms with Gasteiger partial charge in [0, 0.05) is 29.9 Å². The third-order valence-electron chi connectivity index (χ3n) is 3.96. The molecule has 0 aliphatic heterocycles. The molecule has 6 nitrogen and oxygen atoms in total. The second-order valence-electron chi connectivity index (χ2n) is 5.87. The third kappa shape index (κ3) is 4.12. The Morgan fingerprint density at radius 2 is 2.08 bits per heavy atom. The van der Waals surface area contributed by atoms with E-state index in [1.54, 1.807) is 35.4 Å². The second kappa shape index (κ2) is 7.88. The highest BCUT2D eigenvalue weighted by atomic mass is 32.1. The zero-order valence-electron chi connectivity index (χ0n) is 14.2. The van der Waals surface area contributed by atoms with E-state index >= 15 is 0 Å². The Bertz CT molecular complexity index is 911. The zero-order valence-corrected chi connectivity index (χ0v) is 15.0. The minimum absolute atomic E-state index is 0.00987. The molecule has 0 fully saturated rings. The number of nitro benzene ring substituents is 1. The molecule has 0 bridgehead atoms. The maximum absolute atomic E-state index is 13.0. The fourth-order valence-corrected chi connectivity index (χ4v) is 3.33. The van der Waals surface area contributed by atoms with Crippen molar-refractivity contribution in [2.45, 2.75) is 20.0 Å². The molecule has 0 radical (unpaired) electrons. The molecule has 0 N–H and O–H groups in total. The van der Waals surface area contributed by atoms with Gasteiger partial charge < -0.3 is 4.90 Å². The van der Waals surface area contributed by atoms with Crippen molar-refractivity contribution in [1.82, 2.24) is 9.88 Å². The van der Waals surface area contributed by atoms with Crippen LogP contribution in [0.4, 0.5) is 5.69 Å². The highest BCUT2D eigenvalue weighted by Crippen LogP contribution is 2.21. The molecule has 26 heavy (non-hydrogen) atoms. The number of aryl methyl sites for hydroxylation is 1. The molecule has 3 aromatic rings. The minimum atomic E-state index is -0.444. The Kier molecular flexibility index (Phi) is 5.38. The number of hydrogen-bond acceptors (Lipinski definition) is 5. The minimum Gasteiger partial charge on any atom is -0.328 e. The number of nitrogens with zero attached hydrogens (tertiary/aromatic N) is 3. The second-order valence-corrected chi connectivity index (χ2v) is 6.65. The number of hydrogen-bond donors (Lipinski definition) is 0. The predicted octanol–water partition coefficient (Wildman–Crippen LogP) is 4.20. The van der Waals surface area contributed by atoms with Crippen LogP contribution in [-0.2, 0) is 13.1 Å². The van der Waals surface area contributed by atoms with Crippen LogP contribution >= 0.6 is 11.3 Å². The molecule has 2 heterocycles. The van der Waals surface area contributed by atoms with Crippen molar-refractivity contribution in [2.24, 2.45) is 0 Å². The van der Waals surface area contributed by atoms with E-state index in [1.807, 2.05) is 35.0 Å². The van der Waals surface area contributed by atoms with Gasteiger partial charge in [-0.2, -0.15) is 11.3 Å². The summed E-state index contributed by atoms with van der Waals surface area (Å²) in [5, 5.41) is 15.0. The standard InChI is InChI=1S/C19H17N3O3S/c1-14-10-16(5-6-18(14)22(24)25)19(23)21(11-15-7-9-26-13-15)12-17-4-2-3-8-20-17/h2-10,13H,11-12H2,1H3. The molecule has 0 atom stereocenters. The molecular weight excluding hydrogens is 350 g/mol. The van der Waals surface area contributed by atoms with Gasteiger partial charge in [-0.25, -0.2) is 0 Å². The normalized spacial score (nSPS) is 10.5. The number of nitro groups is 1. The summed E-state index contributed by atoms with van der Waals surface area (Å²) in [5.41, 5.74) is 2.73.